The molecule has 11 heteroatoms. The Bertz CT molecular complexity index is 1430. The number of benzene rings is 1. The lowest BCUT2D eigenvalue weighted by Crippen LogP contribution is -2.41. The van der Waals surface area contributed by atoms with E-state index in [4.69, 9.17) is 15.5 Å². The predicted molar refractivity (Wildman–Crippen MR) is 135 cm³/mol. The molecular formula is C25H28FN5O4S. The first-order valence-corrected chi connectivity index (χ1v) is 12.8. The molecule has 190 valence electrons. The van der Waals surface area contributed by atoms with Gasteiger partial charge in [0.15, 0.2) is 11.6 Å². The molecule has 1 atom stereocenters. The Kier molecular flexibility index (Phi) is 6.61. The number of carbonyl (C=O) groups excluding carboxylic acids is 1. The third kappa shape index (κ3) is 4.70. The molecular weight excluding hydrogens is 485 g/mol. The number of anilines is 2. The van der Waals surface area contributed by atoms with Crippen LogP contribution in [0.4, 0.5) is 16.0 Å². The van der Waals surface area contributed by atoms with Crippen molar-refractivity contribution in [2.24, 2.45) is 5.92 Å². The quantitative estimate of drug-likeness (QED) is 0.512. The van der Waals surface area contributed by atoms with Crippen LogP contribution in [0.1, 0.15) is 37.6 Å². The second-order valence-electron chi connectivity index (χ2n) is 9.44. The molecule has 1 fully saturated rings. The molecule has 0 spiro atoms. The molecule has 3 aromatic rings. The van der Waals surface area contributed by atoms with Crippen molar-refractivity contribution in [3.63, 3.8) is 0 Å². The highest BCUT2D eigenvalue weighted by Gasteiger charge is 2.39. The van der Waals surface area contributed by atoms with Gasteiger partial charge < -0.3 is 15.4 Å². The number of nitrogen functional groups attached to an aromatic ring is 1. The number of pyridine rings is 2. The fourth-order valence-electron chi connectivity index (χ4n) is 4.72. The van der Waals surface area contributed by atoms with Gasteiger partial charge in [0.05, 0.1) is 18.4 Å². The van der Waals surface area contributed by atoms with Crippen LogP contribution >= 0.6 is 0 Å². The van der Waals surface area contributed by atoms with Crippen LogP contribution in [0.5, 0.6) is 5.75 Å². The minimum absolute atomic E-state index is 0.0248. The smallest absolute Gasteiger partial charge is 0.268 e. The highest BCUT2D eigenvalue weighted by atomic mass is 32.2. The Labute approximate surface area is 209 Å². The van der Waals surface area contributed by atoms with Gasteiger partial charge in [-0.1, -0.05) is 13.0 Å². The Morgan fingerprint density at radius 3 is 2.61 bits per heavy atom. The molecule has 1 saturated heterocycles. The number of aromatic nitrogens is 2. The highest BCUT2D eigenvalue weighted by molar-refractivity contribution is 7.90. The summed E-state index contributed by atoms with van der Waals surface area (Å²) < 4.78 is 47.6. The lowest BCUT2D eigenvalue weighted by Gasteiger charge is -2.34. The molecule has 0 bridgehead atoms. The van der Waals surface area contributed by atoms with Gasteiger partial charge in [-0.3, -0.25) is 4.79 Å². The first kappa shape index (κ1) is 25.4. The summed E-state index contributed by atoms with van der Waals surface area (Å²) in [6, 6.07) is 10.2. The molecule has 9 nitrogen and oxygen atoms in total. The van der Waals surface area contributed by atoms with E-state index in [9.17, 15) is 17.6 Å². The molecule has 1 aliphatic rings. The fourth-order valence-corrected chi connectivity index (χ4v) is 5.77. The molecule has 3 N–H and O–H groups in total. The summed E-state index contributed by atoms with van der Waals surface area (Å²) in [7, 11) is -2.93. The number of rotatable bonds is 6. The highest BCUT2D eigenvalue weighted by Crippen LogP contribution is 2.39. The third-order valence-corrected chi connectivity index (χ3v) is 7.59. The number of carbonyl (C=O) groups is 1. The van der Waals surface area contributed by atoms with E-state index in [2.05, 4.69) is 16.6 Å². The molecule has 0 saturated carbocycles. The third-order valence-electron chi connectivity index (χ3n) is 6.21. The van der Waals surface area contributed by atoms with E-state index in [0.29, 0.717) is 29.5 Å². The van der Waals surface area contributed by atoms with E-state index in [0.717, 1.165) is 6.42 Å². The van der Waals surface area contributed by atoms with Gasteiger partial charge in [0.2, 0.25) is 0 Å². The summed E-state index contributed by atoms with van der Waals surface area (Å²) in [5.41, 5.74) is 6.21. The van der Waals surface area contributed by atoms with Crippen molar-refractivity contribution in [1.82, 2.24) is 14.7 Å². The van der Waals surface area contributed by atoms with Gasteiger partial charge in [0.1, 0.15) is 16.5 Å². The van der Waals surface area contributed by atoms with E-state index in [-0.39, 0.29) is 27.6 Å². The number of ether oxygens (including phenoxy) is 1. The van der Waals surface area contributed by atoms with Crippen molar-refractivity contribution in [3.8, 4) is 17.0 Å². The molecule has 36 heavy (non-hydrogen) atoms. The van der Waals surface area contributed by atoms with Gasteiger partial charge >= 0.3 is 0 Å². The van der Waals surface area contributed by atoms with Gasteiger partial charge in [-0.15, -0.1) is 0 Å². The number of methoxy groups -OCH3 is 1. The van der Waals surface area contributed by atoms with Crippen LogP contribution in [0, 0.1) is 11.7 Å². The predicted octanol–water partition coefficient (Wildman–Crippen LogP) is 3.62. The van der Waals surface area contributed by atoms with Crippen LogP contribution in [0.2, 0.25) is 0 Å². The first-order chi connectivity index (χ1) is 16.9. The Balaban J connectivity index is 1.82. The van der Waals surface area contributed by atoms with Gasteiger partial charge in [-0.05, 0) is 62.6 Å². The summed E-state index contributed by atoms with van der Waals surface area (Å²) in [5.74, 6) is -1.01. The largest absolute Gasteiger partial charge is 0.493 e. The number of halogens is 1. The molecule has 0 aliphatic carbocycles. The number of amides is 1. The van der Waals surface area contributed by atoms with Crippen molar-refractivity contribution in [2.45, 2.75) is 37.6 Å². The molecule has 4 rings (SSSR count). The van der Waals surface area contributed by atoms with Crippen molar-refractivity contribution in [2.75, 3.05) is 24.3 Å². The summed E-state index contributed by atoms with van der Waals surface area (Å²) in [4.78, 5) is 23.5. The zero-order valence-electron chi connectivity index (χ0n) is 20.4. The molecule has 0 unspecified atom stereocenters. The second-order valence-corrected chi connectivity index (χ2v) is 11.1. The van der Waals surface area contributed by atoms with E-state index in [1.807, 2.05) is 18.7 Å². The monoisotopic (exact) mass is 513 g/mol. The number of nitrogens with one attached hydrogen (secondary N) is 1. The lowest BCUT2D eigenvalue weighted by atomic mass is 9.97. The maximum atomic E-state index is 14.4. The summed E-state index contributed by atoms with van der Waals surface area (Å²) in [6.07, 6.45) is 2.20. The maximum absolute atomic E-state index is 14.4. The molecule has 0 radical (unpaired) electrons. The van der Waals surface area contributed by atoms with Crippen LogP contribution in [0.15, 0.2) is 53.6 Å². The number of hydrogen-bond acceptors (Lipinski definition) is 8. The van der Waals surface area contributed by atoms with Crippen molar-refractivity contribution < 1.29 is 22.3 Å². The normalized spacial score (nSPS) is 17.1. The van der Waals surface area contributed by atoms with Crippen LogP contribution in [-0.2, 0) is 10.0 Å². The Morgan fingerprint density at radius 2 is 1.97 bits per heavy atom. The summed E-state index contributed by atoms with van der Waals surface area (Å²) >= 11 is 0. The van der Waals surface area contributed by atoms with Crippen molar-refractivity contribution in [1.29, 1.82) is 0 Å². The van der Waals surface area contributed by atoms with Crippen LogP contribution in [0.3, 0.4) is 0 Å². The zero-order chi connectivity index (χ0) is 26.3. The second kappa shape index (κ2) is 9.38. The summed E-state index contributed by atoms with van der Waals surface area (Å²) in [6.45, 7) is 6.76. The van der Waals surface area contributed by atoms with E-state index in [1.165, 1.54) is 43.6 Å². The number of nitrogens with zero attached hydrogens (tertiary/aromatic N) is 3. The minimum atomic E-state index is -4.30. The standard InChI is InChI=1S/C25H28FN5O4S/c1-15-13-25(2,3)31(14-15)23-17(24(32)30-36(33,34)20-9-6-12-28-22(20)27)10-11-19(29-23)16-7-5-8-18(26)21(16)35-4/h5-12,15H,13-14H2,1-4H3,(H2,27,28)(H,30,32)/t15-/m0/s1. The molecule has 1 aliphatic heterocycles. The fraction of sp³-hybridized carbons (Fsp3) is 0.320. The number of hydrogen-bond donors (Lipinski definition) is 2. The lowest BCUT2D eigenvalue weighted by molar-refractivity contribution is 0.0981. The van der Waals surface area contributed by atoms with E-state index in [1.54, 1.807) is 12.1 Å². The van der Waals surface area contributed by atoms with Gasteiger partial charge in [-0.2, -0.15) is 0 Å². The number of sulfonamides is 1. The minimum Gasteiger partial charge on any atom is -0.493 e. The maximum Gasteiger partial charge on any atom is 0.268 e. The molecule has 3 heterocycles. The average molecular weight is 514 g/mol. The van der Waals surface area contributed by atoms with Gasteiger partial charge in [-0.25, -0.2) is 27.5 Å². The number of nitrogens with two attached hydrogens (primary N) is 1. The van der Waals surface area contributed by atoms with Crippen LogP contribution in [-0.4, -0.2) is 43.5 Å². The van der Waals surface area contributed by atoms with Crippen molar-refractivity contribution >= 4 is 27.6 Å². The van der Waals surface area contributed by atoms with E-state index < -0.39 is 21.7 Å². The number of para-hydroxylation sites is 1. The van der Waals surface area contributed by atoms with Crippen LogP contribution in [0.25, 0.3) is 11.3 Å². The molecule has 2 aromatic heterocycles. The topological polar surface area (TPSA) is 128 Å². The Morgan fingerprint density at radius 1 is 1.22 bits per heavy atom. The van der Waals surface area contributed by atoms with Gasteiger partial charge in [0.25, 0.3) is 15.9 Å². The van der Waals surface area contributed by atoms with E-state index >= 15 is 0 Å². The SMILES string of the molecule is COc1c(F)cccc1-c1ccc(C(=O)NS(=O)(=O)c2cccnc2N)c(N2C[C@@H](C)CC2(C)C)n1. The van der Waals surface area contributed by atoms with Crippen LogP contribution < -0.4 is 20.1 Å². The van der Waals surface area contributed by atoms with Gasteiger partial charge in [0, 0.05) is 23.8 Å². The molecule has 1 amide bonds. The van der Waals surface area contributed by atoms with Crippen molar-refractivity contribution in [3.05, 3.63) is 60.0 Å². The Hall–Kier alpha value is -3.73. The average Bonchev–Trinajstić information content (AvgIpc) is 3.09. The summed E-state index contributed by atoms with van der Waals surface area (Å²) in [5, 5.41) is 0. The first-order valence-electron chi connectivity index (χ1n) is 11.3. The zero-order valence-corrected chi connectivity index (χ0v) is 21.3. The molecule has 1 aromatic carbocycles.